The molecule has 0 aliphatic carbocycles. The zero-order valence-corrected chi connectivity index (χ0v) is 13.2. The minimum absolute atomic E-state index is 0.0120. The predicted octanol–water partition coefficient (Wildman–Crippen LogP) is 6.07. The average molecular weight is 363 g/mol. The Balaban J connectivity index is 2.19. The lowest BCUT2D eigenvalue weighted by Crippen LogP contribution is -2.06. The third kappa shape index (κ3) is 3.62. The first-order chi connectivity index (χ1) is 8.97. The normalized spacial score (nSPS) is 12.3. The van der Waals surface area contributed by atoms with Gasteiger partial charge in [-0.05, 0) is 36.8 Å². The van der Waals surface area contributed by atoms with Gasteiger partial charge in [0, 0.05) is 16.2 Å². The quantitative estimate of drug-likeness (QED) is 0.653. The number of anilines is 1. The molecule has 0 amide bonds. The van der Waals surface area contributed by atoms with Crippen LogP contribution in [-0.2, 0) is 0 Å². The van der Waals surface area contributed by atoms with E-state index in [0.717, 1.165) is 10.0 Å². The van der Waals surface area contributed by atoms with Gasteiger partial charge in [0.15, 0.2) is 5.82 Å². The molecule has 19 heavy (non-hydrogen) atoms. The SMILES string of the molecule is CC(Nc1cc(Cl)c(F)c(Cl)c1)c1ccc(Br)cc1. The fourth-order valence-electron chi connectivity index (χ4n) is 1.72. The van der Waals surface area contributed by atoms with E-state index in [1.807, 2.05) is 31.2 Å². The molecule has 1 atom stereocenters. The summed E-state index contributed by atoms with van der Waals surface area (Å²) in [5.41, 5.74) is 1.80. The summed E-state index contributed by atoms with van der Waals surface area (Å²) in [6, 6.07) is 11.1. The van der Waals surface area contributed by atoms with Gasteiger partial charge in [-0.15, -0.1) is 0 Å². The lowest BCUT2D eigenvalue weighted by molar-refractivity contribution is 0.628. The van der Waals surface area contributed by atoms with Crippen LogP contribution in [0.5, 0.6) is 0 Å². The Labute approximate surface area is 129 Å². The largest absolute Gasteiger partial charge is 0.378 e. The van der Waals surface area contributed by atoms with Gasteiger partial charge in [-0.1, -0.05) is 51.3 Å². The van der Waals surface area contributed by atoms with Gasteiger partial charge in [0.25, 0.3) is 0 Å². The Kier molecular flexibility index (Phi) is 4.71. The molecule has 0 radical (unpaired) electrons. The van der Waals surface area contributed by atoms with Crippen molar-refractivity contribution in [3.05, 3.63) is 62.3 Å². The minimum atomic E-state index is -0.592. The highest BCUT2D eigenvalue weighted by Crippen LogP contribution is 2.29. The molecule has 0 aliphatic heterocycles. The molecular formula is C14H11BrCl2FN. The first kappa shape index (κ1) is 14.6. The highest BCUT2D eigenvalue weighted by atomic mass is 79.9. The molecule has 1 nitrogen and oxygen atoms in total. The van der Waals surface area contributed by atoms with Crippen molar-refractivity contribution < 1.29 is 4.39 Å². The lowest BCUT2D eigenvalue weighted by atomic mass is 10.1. The highest BCUT2D eigenvalue weighted by molar-refractivity contribution is 9.10. The summed E-state index contributed by atoms with van der Waals surface area (Å²) in [5, 5.41) is 3.26. The van der Waals surface area contributed by atoms with Crippen LogP contribution in [-0.4, -0.2) is 0 Å². The van der Waals surface area contributed by atoms with Crippen LogP contribution < -0.4 is 5.32 Å². The molecule has 1 N–H and O–H groups in total. The lowest BCUT2D eigenvalue weighted by Gasteiger charge is -2.16. The van der Waals surface area contributed by atoms with Crippen molar-refractivity contribution in [3.63, 3.8) is 0 Å². The summed E-state index contributed by atoms with van der Waals surface area (Å²) < 4.78 is 14.3. The zero-order chi connectivity index (χ0) is 14.0. The molecule has 2 aromatic rings. The molecule has 100 valence electrons. The summed E-state index contributed by atoms with van der Waals surface area (Å²) >= 11 is 14.9. The van der Waals surface area contributed by atoms with Gasteiger partial charge in [-0.2, -0.15) is 0 Å². The molecule has 2 aromatic carbocycles. The van der Waals surface area contributed by atoms with Crippen LogP contribution in [0.25, 0.3) is 0 Å². The van der Waals surface area contributed by atoms with Gasteiger partial charge in [-0.25, -0.2) is 4.39 Å². The van der Waals surface area contributed by atoms with Crippen LogP contribution in [0.1, 0.15) is 18.5 Å². The molecule has 1 unspecified atom stereocenters. The first-order valence-corrected chi connectivity index (χ1v) is 7.19. The molecule has 0 aliphatic rings. The van der Waals surface area contributed by atoms with Crippen molar-refractivity contribution >= 4 is 44.8 Å². The van der Waals surface area contributed by atoms with Gasteiger partial charge < -0.3 is 5.32 Å². The fourth-order valence-corrected chi connectivity index (χ4v) is 2.48. The van der Waals surface area contributed by atoms with Gasteiger partial charge in [0.2, 0.25) is 0 Å². The summed E-state index contributed by atoms with van der Waals surface area (Å²) in [7, 11) is 0. The maximum atomic E-state index is 13.3. The van der Waals surface area contributed by atoms with Gasteiger partial charge in [-0.3, -0.25) is 0 Å². The molecule has 0 heterocycles. The standard InChI is InChI=1S/C14H11BrCl2FN/c1-8(9-2-4-10(15)5-3-9)19-11-6-12(16)14(18)13(17)7-11/h2-8,19H,1H3. The van der Waals surface area contributed by atoms with Crippen LogP contribution in [0.4, 0.5) is 10.1 Å². The fraction of sp³-hybridized carbons (Fsp3) is 0.143. The van der Waals surface area contributed by atoms with Gasteiger partial charge in [0.1, 0.15) is 0 Å². The summed E-state index contributed by atoms with van der Waals surface area (Å²) in [4.78, 5) is 0. The van der Waals surface area contributed by atoms with E-state index >= 15 is 0 Å². The monoisotopic (exact) mass is 361 g/mol. The summed E-state index contributed by atoms with van der Waals surface area (Å²) in [6.45, 7) is 2.01. The Morgan fingerprint density at radius 2 is 1.63 bits per heavy atom. The molecule has 0 spiro atoms. The van der Waals surface area contributed by atoms with Crippen molar-refractivity contribution in [1.29, 1.82) is 0 Å². The highest BCUT2D eigenvalue weighted by Gasteiger charge is 2.10. The molecule has 0 aromatic heterocycles. The maximum Gasteiger partial charge on any atom is 0.160 e. The molecule has 0 saturated carbocycles. The second kappa shape index (κ2) is 6.12. The van der Waals surface area contributed by atoms with Crippen LogP contribution in [0.3, 0.4) is 0 Å². The first-order valence-electron chi connectivity index (χ1n) is 5.64. The van der Waals surface area contributed by atoms with E-state index in [1.165, 1.54) is 12.1 Å². The van der Waals surface area contributed by atoms with E-state index in [9.17, 15) is 4.39 Å². The van der Waals surface area contributed by atoms with Crippen molar-refractivity contribution in [2.24, 2.45) is 0 Å². The third-order valence-corrected chi connectivity index (χ3v) is 3.82. The smallest absolute Gasteiger partial charge is 0.160 e. The van der Waals surface area contributed by atoms with Gasteiger partial charge >= 0.3 is 0 Å². The van der Waals surface area contributed by atoms with Crippen LogP contribution in [0.15, 0.2) is 40.9 Å². The molecule has 2 rings (SSSR count). The molecule has 5 heteroatoms. The Morgan fingerprint density at radius 1 is 1.11 bits per heavy atom. The summed E-state index contributed by atoms with van der Waals surface area (Å²) in [5.74, 6) is -0.592. The number of nitrogens with one attached hydrogen (secondary N) is 1. The molecular weight excluding hydrogens is 352 g/mol. The topological polar surface area (TPSA) is 12.0 Å². The molecule has 0 fully saturated rings. The van der Waals surface area contributed by atoms with E-state index in [-0.39, 0.29) is 16.1 Å². The van der Waals surface area contributed by atoms with Crippen LogP contribution in [0, 0.1) is 5.82 Å². The van der Waals surface area contributed by atoms with E-state index in [0.29, 0.717) is 5.69 Å². The Morgan fingerprint density at radius 3 is 2.16 bits per heavy atom. The number of halogens is 4. The molecule has 0 saturated heterocycles. The molecule has 0 bridgehead atoms. The van der Waals surface area contributed by atoms with E-state index < -0.39 is 5.82 Å². The average Bonchev–Trinajstić information content (AvgIpc) is 2.36. The number of rotatable bonds is 3. The van der Waals surface area contributed by atoms with Crippen LogP contribution >= 0.6 is 39.1 Å². The number of hydrogen-bond donors (Lipinski definition) is 1. The van der Waals surface area contributed by atoms with E-state index in [1.54, 1.807) is 0 Å². The second-order valence-corrected chi connectivity index (χ2v) is 5.90. The minimum Gasteiger partial charge on any atom is -0.378 e. The van der Waals surface area contributed by atoms with E-state index in [4.69, 9.17) is 23.2 Å². The summed E-state index contributed by atoms with van der Waals surface area (Å²) in [6.07, 6.45) is 0. The second-order valence-electron chi connectivity index (χ2n) is 4.17. The Bertz CT molecular complexity index is 563. The zero-order valence-electron chi connectivity index (χ0n) is 10.1. The van der Waals surface area contributed by atoms with Crippen molar-refractivity contribution in [2.75, 3.05) is 5.32 Å². The van der Waals surface area contributed by atoms with Crippen molar-refractivity contribution in [3.8, 4) is 0 Å². The van der Waals surface area contributed by atoms with Crippen LogP contribution in [0.2, 0.25) is 10.0 Å². The van der Waals surface area contributed by atoms with Crippen molar-refractivity contribution in [2.45, 2.75) is 13.0 Å². The van der Waals surface area contributed by atoms with Gasteiger partial charge in [0.05, 0.1) is 10.0 Å². The number of hydrogen-bond acceptors (Lipinski definition) is 1. The Hall–Kier alpha value is -0.770. The predicted molar refractivity (Wildman–Crippen MR) is 82.6 cm³/mol. The maximum absolute atomic E-state index is 13.3. The van der Waals surface area contributed by atoms with Crippen molar-refractivity contribution in [1.82, 2.24) is 0 Å². The third-order valence-electron chi connectivity index (χ3n) is 2.74. The number of benzene rings is 2. The van der Waals surface area contributed by atoms with E-state index in [2.05, 4.69) is 21.2 Å².